The summed E-state index contributed by atoms with van der Waals surface area (Å²) in [5, 5.41) is 31.3. The van der Waals surface area contributed by atoms with E-state index < -0.39 is 20.0 Å². The Balaban J connectivity index is 1.50. The first kappa shape index (κ1) is 41.1. The molecule has 0 aliphatic carbocycles. The summed E-state index contributed by atoms with van der Waals surface area (Å²) in [7, 11) is -0.674. The van der Waals surface area contributed by atoms with Crippen molar-refractivity contribution in [2.24, 2.45) is 0 Å². The Morgan fingerprint density at radius 2 is 1.82 bits per heavy atom. The maximum absolute atomic E-state index is 12.9. The van der Waals surface area contributed by atoms with Crippen LogP contribution in [0.3, 0.4) is 0 Å². The number of anilines is 4. The van der Waals surface area contributed by atoms with Crippen LogP contribution in [0.25, 0.3) is 5.65 Å². The number of fused-ring (bicyclic) bond motifs is 1. The number of hydrogen-bond donors (Lipinski definition) is 2. The van der Waals surface area contributed by atoms with Gasteiger partial charge in [-0.3, -0.25) is 0 Å². The van der Waals surface area contributed by atoms with Gasteiger partial charge in [-0.25, -0.2) is 9.78 Å². The molecule has 2 N–H and O–H groups in total. The zero-order valence-corrected chi connectivity index (χ0v) is 35.1. The molecule has 14 nitrogen and oxygen atoms in total. The van der Waals surface area contributed by atoms with Crippen molar-refractivity contribution in [2.45, 2.75) is 97.3 Å². The topological polar surface area (TPSA) is 166 Å². The van der Waals surface area contributed by atoms with Gasteiger partial charge in [0.1, 0.15) is 17.4 Å². The number of carbonyl (C=O) groups is 1. The number of alkyl carbamates (subject to hydrolysis) is 1. The molecule has 16 heteroatoms. The van der Waals surface area contributed by atoms with Crippen molar-refractivity contribution >= 4 is 54.8 Å². The van der Waals surface area contributed by atoms with Crippen LogP contribution in [-0.2, 0) is 15.7 Å². The number of methoxy groups -OCH3 is 1. The van der Waals surface area contributed by atoms with Crippen molar-refractivity contribution in [3.05, 3.63) is 64.4 Å². The molecule has 55 heavy (non-hydrogen) atoms. The highest BCUT2D eigenvalue weighted by Gasteiger charge is 2.43. The zero-order valence-electron chi connectivity index (χ0n) is 33.3. The molecule has 0 saturated carbocycles. The molecule has 2 atom stereocenters. The molecule has 2 aromatic heterocycles. The minimum absolute atomic E-state index is 0.0796. The number of hydrogen-bond acceptors (Lipinski definition) is 12. The molecule has 1 aliphatic heterocycles. The Morgan fingerprint density at radius 3 is 2.42 bits per heavy atom. The fourth-order valence-corrected chi connectivity index (χ4v) is 7.67. The Bertz CT molecular complexity index is 2100. The van der Waals surface area contributed by atoms with E-state index in [1.54, 1.807) is 19.2 Å². The fourth-order valence-electron chi connectivity index (χ4n) is 6.05. The number of aromatic nitrogens is 4. The first-order chi connectivity index (χ1) is 25.9. The molecule has 5 rings (SSSR count). The Morgan fingerprint density at radius 1 is 1.11 bits per heavy atom. The van der Waals surface area contributed by atoms with Gasteiger partial charge in [0, 0.05) is 26.2 Å². The van der Waals surface area contributed by atoms with Crippen molar-refractivity contribution in [3.8, 4) is 17.9 Å². The van der Waals surface area contributed by atoms with Crippen molar-refractivity contribution in [2.75, 3.05) is 41.9 Å². The summed E-state index contributed by atoms with van der Waals surface area (Å²) in [6.07, 6.45) is 1.13. The lowest BCUT2D eigenvalue weighted by molar-refractivity contribution is 0.0415. The lowest BCUT2D eigenvalue weighted by Crippen LogP contribution is -2.59. The van der Waals surface area contributed by atoms with E-state index >= 15 is 0 Å². The monoisotopic (exact) mass is 786 g/mol. The second-order valence-corrected chi connectivity index (χ2v) is 21.2. The van der Waals surface area contributed by atoms with E-state index in [1.807, 2.05) is 56.9 Å². The number of nitrogens with one attached hydrogen (secondary N) is 2. The van der Waals surface area contributed by atoms with E-state index in [0.29, 0.717) is 66.0 Å². The molecule has 0 unspecified atom stereocenters. The maximum Gasteiger partial charge on any atom is 0.407 e. The van der Waals surface area contributed by atoms with E-state index in [-0.39, 0.29) is 28.8 Å². The van der Waals surface area contributed by atoms with Crippen LogP contribution in [0.2, 0.25) is 23.2 Å². The molecule has 1 fully saturated rings. The first-order valence-corrected chi connectivity index (χ1v) is 21.6. The standard InChI is InChI=1S/C39H51ClN10O4Si/c1-11-48(23-25-12-14-28(52-8)15-13-25)35-34-43-22-27(21-42)50(34)47-36(46-35)44-30-18-26(20-41)19-31(33(30)40)49-17-16-29(45-37(51)53-38(2,3)4)32(24-49)54-55(9,10)39(5,6)7/h12-15,18-19,22,29,32H,11,16-17,23-24H2,1-10H3,(H,44,47)(H,45,51)/t29-,32-/m1/s1. The van der Waals surface area contributed by atoms with Gasteiger partial charge in [-0.1, -0.05) is 44.5 Å². The molecule has 3 heterocycles. The van der Waals surface area contributed by atoms with Gasteiger partial charge in [0.25, 0.3) is 0 Å². The van der Waals surface area contributed by atoms with Crippen LogP contribution >= 0.6 is 11.6 Å². The molecule has 0 radical (unpaired) electrons. The van der Waals surface area contributed by atoms with Gasteiger partial charge >= 0.3 is 6.09 Å². The summed E-state index contributed by atoms with van der Waals surface area (Å²) in [6, 6.07) is 15.3. The summed E-state index contributed by atoms with van der Waals surface area (Å²) in [5.74, 6) is 1.42. The summed E-state index contributed by atoms with van der Waals surface area (Å²) in [6.45, 7) is 20.4. The predicted octanol–water partition coefficient (Wildman–Crippen LogP) is 7.79. The third kappa shape index (κ3) is 9.59. The fraction of sp³-hybridized carbons (Fsp3) is 0.487. The summed E-state index contributed by atoms with van der Waals surface area (Å²) >= 11 is 7.20. The van der Waals surface area contributed by atoms with Gasteiger partial charge in [-0.15, -0.1) is 5.10 Å². The normalized spacial score (nSPS) is 16.3. The van der Waals surface area contributed by atoms with E-state index in [2.05, 4.69) is 71.6 Å². The van der Waals surface area contributed by atoms with E-state index in [0.717, 1.165) is 11.3 Å². The molecule has 1 saturated heterocycles. The third-order valence-corrected chi connectivity index (χ3v) is 14.9. The Kier molecular flexibility index (Phi) is 12.2. The van der Waals surface area contributed by atoms with Gasteiger partial charge in [0.2, 0.25) is 5.95 Å². The highest BCUT2D eigenvalue weighted by atomic mass is 35.5. The number of imidazole rings is 1. The van der Waals surface area contributed by atoms with Crippen LogP contribution in [0.15, 0.2) is 42.6 Å². The molecule has 0 bridgehead atoms. The van der Waals surface area contributed by atoms with Crippen LogP contribution in [0.1, 0.15) is 71.7 Å². The van der Waals surface area contributed by atoms with E-state index in [1.165, 1.54) is 10.7 Å². The largest absolute Gasteiger partial charge is 0.497 e. The molecular weight excluding hydrogens is 736 g/mol. The highest BCUT2D eigenvalue weighted by Crippen LogP contribution is 2.41. The number of piperidine rings is 1. The van der Waals surface area contributed by atoms with Crippen LogP contribution < -0.4 is 25.2 Å². The SMILES string of the molecule is CCN(Cc1ccc(OC)cc1)c1nc(Nc2cc(C#N)cc(N3CC[C@@H](NC(=O)OC(C)(C)C)[C@H](O[Si](C)(C)C(C)(C)C)C3)c2Cl)nn2c(C#N)cnc12. The average Bonchev–Trinajstić information content (AvgIpc) is 3.54. The van der Waals surface area contributed by atoms with Gasteiger partial charge in [0.05, 0.1) is 53.5 Å². The number of amides is 1. The van der Waals surface area contributed by atoms with Crippen molar-refractivity contribution < 1.29 is 18.7 Å². The minimum Gasteiger partial charge on any atom is -0.497 e. The molecule has 4 aromatic rings. The predicted molar refractivity (Wildman–Crippen MR) is 217 cm³/mol. The lowest BCUT2D eigenvalue weighted by atomic mass is 10.0. The van der Waals surface area contributed by atoms with E-state index in [4.69, 9.17) is 30.5 Å². The molecule has 0 spiro atoms. The molecule has 1 amide bonds. The van der Waals surface area contributed by atoms with Gasteiger partial charge in [-0.2, -0.15) is 20.0 Å². The number of ether oxygens (including phenoxy) is 2. The smallest absolute Gasteiger partial charge is 0.407 e. The molecule has 1 aliphatic rings. The number of benzene rings is 2. The van der Waals surface area contributed by atoms with Crippen molar-refractivity contribution in [3.63, 3.8) is 0 Å². The number of carbonyl (C=O) groups excluding carboxylic acids is 1. The van der Waals surface area contributed by atoms with Crippen LogP contribution in [0.5, 0.6) is 5.75 Å². The minimum atomic E-state index is -2.30. The zero-order chi connectivity index (χ0) is 40.3. The molecule has 292 valence electrons. The summed E-state index contributed by atoms with van der Waals surface area (Å²) in [4.78, 5) is 26.5. The summed E-state index contributed by atoms with van der Waals surface area (Å²) in [5.41, 5.74) is 2.43. The van der Waals surface area contributed by atoms with Crippen LogP contribution in [-0.4, -0.2) is 78.5 Å². The van der Waals surface area contributed by atoms with Gasteiger partial charge < -0.3 is 34.3 Å². The summed E-state index contributed by atoms with van der Waals surface area (Å²) < 4.78 is 19.3. The lowest BCUT2D eigenvalue weighted by Gasteiger charge is -2.46. The van der Waals surface area contributed by atoms with E-state index in [9.17, 15) is 15.3 Å². The van der Waals surface area contributed by atoms with Crippen LogP contribution in [0.4, 0.5) is 27.9 Å². The number of nitriles is 2. The second kappa shape index (κ2) is 16.3. The maximum atomic E-state index is 12.9. The van der Waals surface area contributed by atoms with Crippen LogP contribution in [0, 0.1) is 22.7 Å². The Hall–Kier alpha value is -5.09. The molecule has 2 aromatic carbocycles. The number of nitrogens with zero attached hydrogens (tertiary/aromatic N) is 8. The average molecular weight is 787 g/mol. The first-order valence-electron chi connectivity index (χ1n) is 18.3. The quantitative estimate of drug-likeness (QED) is 0.142. The molecular formula is C39H51ClN10O4Si. The highest BCUT2D eigenvalue weighted by molar-refractivity contribution is 6.74. The second-order valence-electron chi connectivity index (χ2n) is 16.1. The van der Waals surface area contributed by atoms with Crippen molar-refractivity contribution in [1.29, 1.82) is 10.5 Å². The number of halogens is 1. The third-order valence-electron chi connectivity index (χ3n) is 9.96. The van der Waals surface area contributed by atoms with Crippen molar-refractivity contribution in [1.82, 2.24) is 24.9 Å². The Labute approximate surface area is 329 Å². The van der Waals surface area contributed by atoms with Gasteiger partial charge in [-0.05, 0) is 82.1 Å². The number of rotatable bonds is 11. The van der Waals surface area contributed by atoms with Gasteiger partial charge in [0.15, 0.2) is 25.5 Å².